The van der Waals surface area contributed by atoms with Crippen molar-refractivity contribution in [1.29, 1.82) is 0 Å². The Balaban J connectivity index is 2.37. The Morgan fingerprint density at radius 1 is 1.45 bits per heavy atom. The second-order valence-corrected chi connectivity index (χ2v) is 4.84. The predicted molar refractivity (Wildman–Crippen MR) is 66.3 cm³/mol. The highest BCUT2D eigenvalue weighted by molar-refractivity contribution is 7.17. The van der Waals surface area contributed by atoms with Crippen LogP contribution in [0.5, 0.6) is 0 Å². The van der Waals surface area contributed by atoms with E-state index in [1.165, 1.54) is 6.20 Å². The van der Waals surface area contributed by atoms with Gasteiger partial charge in [-0.05, 0) is 24.6 Å². The molecule has 0 amide bonds. The van der Waals surface area contributed by atoms with Crippen molar-refractivity contribution in [1.82, 2.24) is 9.97 Å². The predicted octanol–water partition coefficient (Wildman–Crippen LogP) is 3.31. The lowest BCUT2D eigenvalue weighted by Gasteiger charge is -2.03. The number of hydrogen-bond acceptors (Lipinski definition) is 5. The highest BCUT2D eigenvalue weighted by Crippen LogP contribution is 2.36. The number of carboxylic acid groups (broad SMARTS) is 1. The molecule has 2 rings (SSSR count). The number of hydrogen-bond donors (Lipinski definition) is 2. The quantitative estimate of drug-likeness (QED) is 0.910. The molecular weight excluding hydrogens is 295 g/mol. The Hall–Kier alpha value is -2.16. The summed E-state index contributed by atoms with van der Waals surface area (Å²) in [6.07, 6.45) is -3.34. The number of thiazole rings is 1. The van der Waals surface area contributed by atoms with Gasteiger partial charge < -0.3 is 10.4 Å². The van der Waals surface area contributed by atoms with E-state index in [0.29, 0.717) is 17.2 Å². The minimum Gasteiger partial charge on any atom is -0.477 e. The van der Waals surface area contributed by atoms with Gasteiger partial charge in [-0.3, -0.25) is 0 Å². The summed E-state index contributed by atoms with van der Waals surface area (Å²) in [7, 11) is 0. The molecule has 0 aliphatic heterocycles. The third kappa shape index (κ3) is 3.05. The van der Waals surface area contributed by atoms with Crippen molar-refractivity contribution < 1.29 is 23.1 Å². The fourth-order valence-corrected chi connectivity index (χ4v) is 2.26. The first-order chi connectivity index (χ1) is 9.27. The van der Waals surface area contributed by atoms with Gasteiger partial charge in [0.25, 0.3) is 0 Å². The number of alkyl halides is 3. The number of pyridine rings is 1. The largest absolute Gasteiger partial charge is 0.477 e. The number of carbonyl (C=O) groups is 1. The zero-order valence-corrected chi connectivity index (χ0v) is 10.8. The molecule has 0 aliphatic carbocycles. The molecule has 0 fully saturated rings. The molecule has 20 heavy (non-hydrogen) atoms. The van der Waals surface area contributed by atoms with Gasteiger partial charge in [-0.15, -0.1) is 0 Å². The Labute approximate surface area is 115 Å². The number of nitrogens with zero attached hydrogens (tertiary/aromatic N) is 2. The van der Waals surface area contributed by atoms with E-state index in [0.717, 1.165) is 5.56 Å². The van der Waals surface area contributed by atoms with E-state index in [2.05, 4.69) is 15.3 Å². The lowest BCUT2D eigenvalue weighted by Crippen LogP contribution is -2.11. The maximum absolute atomic E-state index is 12.7. The number of aromatic carboxylic acids is 1. The van der Waals surface area contributed by atoms with E-state index in [-0.39, 0.29) is 5.13 Å². The van der Waals surface area contributed by atoms with Gasteiger partial charge in [0.15, 0.2) is 10.8 Å². The molecule has 9 heteroatoms. The second kappa shape index (κ2) is 5.08. The maximum Gasteiger partial charge on any atom is 0.435 e. The third-order valence-corrected chi connectivity index (χ3v) is 3.20. The minimum atomic E-state index is -4.82. The standard InChI is InChI=1S/C11H8F3N3O2S/c1-5-2-3-15-6(4-5)16-10-17-8(11(12,13)14)7(20-10)9(18)19/h2-4H,1H3,(H,18,19)(H,15,16,17). The first-order valence-corrected chi connectivity index (χ1v) is 6.10. The zero-order chi connectivity index (χ0) is 14.9. The van der Waals surface area contributed by atoms with Crippen LogP contribution in [0.2, 0.25) is 0 Å². The van der Waals surface area contributed by atoms with E-state index >= 15 is 0 Å². The van der Waals surface area contributed by atoms with Crippen LogP contribution >= 0.6 is 11.3 Å². The average molecular weight is 303 g/mol. The van der Waals surface area contributed by atoms with Gasteiger partial charge in [0.2, 0.25) is 0 Å². The van der Waals surface area contributed by atoms with Gasteiger partial charge in [-0.25, -0.2) is 14.8 Å². The van der Waals surface area contributed by atoms with Crippen LogP contribution in [-0.4, -0.2) is 21.0 Å². The second-order valence-electron chi connectivity index (χ2n) is 3.84. The molecule has 0 saturated heterocycles. The molecule has 0 bridgehead atoms. The fourth-order valence-electron chi connectivity index (χ4n) is 1.42. The van der Waals surface area contributed by atoms with E-state index in [4.69, 9.17) is 5.11 Å². The number of aromatic nitrogens is 2. The van der Waals surface area contributed by atoms with Gasteiger partial charge >= 0.3 is 12.1 Å². The van der Waals surface area contributed by atoms with Crippen LogP contribution in [0.25, 0.3) is 0 Å². The molecule has 106 valence electrons. The summed E-state index contributed by atoms with van der Waals surface area (Å²) in [5.74, 6) is -1.37. The van der Waals surface area contributed by atoms with Crippen molar-refractivity contribution in [3.05, 3.63) is 34.5 Å². The lowest BCUT2D eigenvalue weighted by molar-refractivity contribution is -0.141. The number of rotatable bonds is 3. The number of carboxylic acids is 1. The van der Waals surface area contributed by atoms with Crippen LogP contribution in [0.4, 0.5) is 24.1 Å². The third-order valence-electron chi connectivity index (χ3n) is 2.24. The van der Waals surface area contributed by atoms with E-state index in [1.807, 2.05) is 0 Å². The number of halogens is 3. The van der Waals surface area contributed by atoms with Crippen LogP contribution < -0.4 is 5.32 Å². The van der Waals surface area contributed by atoms with E-state index in [1.54, 1.807) is 19.1 Å². The lowest BCUT2D eigenvalue weighted by atomic mass is 10.3. The van der Waals surface area contributed by atoms with Crippen molar-refractivity contribution in [2.45, 2.75) is 13.1 Å². The van der Waals surface area contributed by atoms with Crippen molar-refractivity contribution in [2.24, 2.45) is 0 Å². The average Bonchev–Trinajstić information content (AvgIpc) is 2.73. The summed E-state index contributed by atoms with van der Waals surface area (Å²) in [6, 6.07) is 3.33. The summed E-state index contributed by atoms with van der Waals surface area (Å²) in [6.45, 7) is 1.79. The van der Waals surface area contributed by atoms with Crippen LogP contribution in [0.3, 0.4) is 0 Å². The summed E-state index contributed by atoms with van der Waals surface area (Å²) >= 11 is 0.413. The molecular formula is C11H8F3N3O2S. The van der Waals surface area contributed by atoms with Crippen molar-refractivity contribution in [3.63, 3.8) is 0 Å². The van der Waals surface area contributed by atoms with Crippen LogP contribution in [0.1, 0.15) is 20.9 Å². The van der Waals surface area contributed by atoms with Crippen molar-refractivity contribution in [2.75, 3.05) is 5.32 Å². The number of aryl methyl sites for hydroxylation is 1. The molecule has 5 nitrogen and oxygen atoms in total. The summed E-state index contributed by atoms with van der Waals surface area (Å²) < 4.78 is 38.0. The zero-order valence-electron chi connectivity index (χ0n) is 10.0. The maximum atomic E-state index is 12.7. The summed E-state index contributed by atoms with van der Waals surface area (Å²) in [4.78, 5) is 17.2. The molecule has 2 N–H and O–H groups in total. The van der Waals surface area contributed by atoms with Crippen LogP contribution in [-0.2, 0) is 6.18 Å². The molecule has 2 aromatic heterocycles. The smallest absolute Gasteiger partial charge is 0.435 e. The van der Waals surface area contributed by atoms with Gasteiger partial charge in [0.1, 0.15) is 10.7 Å². The molecule has 0 aromatic carbocycles. The molecule has 0 atom stereocenters. The molecule has 0 radical (unpaired) electrons. The van der Waals surface area contributed by atoms with Crippen LogP contribution in [0.15, 0.2) is 18.3 Å². The highest BCUT2D eigenvalue weighted by Gasteiger charge is 2.39. The van der Waals surface area contributed by atoms with E-state index < -0.39 is 22.7 Å². The summed E-state index contributed by atoms with van der Waals surface area (Å²) in [5.41, 5.74) is -0.557. The normalized spacial score (nSPS) is 11.4. The number of anilines is 2. The van der Waals surface area contributed by atoms with Crippen LogP contribution in [0, 0.1) is 6.92 Å². The van der Waals surface area contributed by atoms with Gasteiger partial charge in [-0.1, -0.05) is 11.3 Å². The minimum absolute atomic E-state index is 0.173. The Bertz CT molecular complexity index is 655. The molecule has 2 heterocycles. The molecule has 0 spiro atoms. The van der Waals surface area contributed by atoms with Gasteiger partial charge in [0.05, 0.1) is 0 Å². The monoisotopic (exact) mass is 303 g/mol. The number of nitrogens with one attached hydrogen (secondary N) is 1. The topological polar surface area (TPSA) is 75.1 Å². The Morgan fingerprint density at radius 3 is 2.65 bits per heavy atom. The highest BCUT2D eigenvalue weighted by atomic mass is 32.1. The molecule has 0 saturated carbocycles. The first kappa shape index (κ1) is 14.3. The molecule has 0 unspecified atom stereocenters. The fraction of sp³-hybridized carbons (Fsp3) is 0.182. The molecule has 2 aromatic rings. The van der Waals surface area contributed by atoms with Gasteiger partial charge in [-0.2, -0.15) is 13.2 Å². The Morgan fingerprint density at radius 2 is 2.15 bits per heavy atom. The van der Waals surface area contributed by atoms with Crippen molar-refractivity contribution >= 4 is 28.3 Å². The summed E-state index contributed by atoms with van der Waals surface area (Å²) in [5, 5.41) is 11.2. The SMILES string of the molecule is Cc1ccnc(Nc2nc(C(F)(F)F)c(C(=O)O)s2)c1. The van der Waals surface area contributed by atoms with E-state index in [9.17, 15) is 18.0 Å². The van der Waals surface area contributed by atoms with Gasteiger partial charge in [0, 0.05) is 6.20 Å². The Kier molecular flexibility index (Phi) is 3.62. The first-order valence-electron chi connectivity index (χ1n) is 5.28. The van der Waals surface area contributed by atoms with Crippen molar-refractivity contribution in [3.8, 4) is 0 Å². The molecule has 0 aliphatic rings.